The van der Waals surface area contributed by atoms with Crippen LogP contribution in [0.5, 0.6) is 11.6 Å². The van der Waals surface area contributed by atoms with Gasteiger partial charge in [-0.1, -0.05) is 43.7 Å². The van der Waals surface area contributed by atoms with Crippen LogP contribution in [0.2, 0.25) is 0 Å². The van der Waals surface area contributed by atoms with Gasteiger partial charge in [-0.15, -0.1) is 0 Å². The number of unbranched alkanes of at least 4 members (excludes halogenated alkanes) is 1. The molecule has 3 heterocycles. The summed E-state index contributed by atoms with van der Waals surface area (Å²) in [7, 11) is -4.30. The first-order valence-corrected chi connectivity index (χ1v) is 14.9. The topological polar surface area (TPSA) is 104 Å². The fraction of sp³-hybridized carbons (Fsp3) is 0.290. The summed E-state index contributed by atoms with van der Waals surface area (Å²) >= 11 is 0. The van der Waals surface area contributed by atoms with E-state index >= 15 is 0 Å². The number of aryl methyl sites for hydroxylation is 3. The summed E-state index contributed by atoms with van der Waals surface area (Å²) in [6, 6.07) is 16.3. The van der Waals surface area contributed by atoms with Crippen LogP contribution in [0, 0.1) is 6.92 Å². The highest BCUT2D eigenvalue weighted by atomic mass is 32.2. The van der Waals surface area contributed by atoms with Crippen LogP contribution in [-0.4, -0.2) is 35.1 Å². The van der Waals surface area contributed by atoms with Crippen LogP contribution in [0.3, 0.4) is 0 Å². The molecule has 0 aliphatic carbocycles. The largest absolute Gasteiger partial charge is 0.504 e. The lowest BCUT2D eigenvalue weighted by Gasteiger charge is -2.28. The molecule has 0 amide bonds. The molecule has 2 aromatic heterocycles. The number of hydrogen-bond acceptors (Lipinski definition) is 7. The quantitative estimate of drug-likeness (QED) is 0.274. The summed E-state index contributed by atoms with van der Waals surface area (Å²) in [5, 5.41) is 22.6. The molecule has 0 unspecified atom stereocenters. The Morgan fingerprint density at radius 3 is 2.51 bits per heavy atom. The lowest BCUT2D eigenvalue weighted by Crippen LogP contribution is -2.21. The molecule has 4 aromatic rings. The van der Waals surface area contributed by atoms with Crippen LogP contribution in [0.25, 0.3) is 11.1 Å². The fourth-order valence-corrected chi connectivity index (χ4v) is 6.65. The second kappa shape index (κ2) is 11.1. The Labute approximate surface area is 229 Å². The Hall–Kier alpha value is -3.91. The summed E-state index contributed by atoms with van der Waals surface area (Å²) in [5.41, 5.74) is 5.68. The summed E-state index contributed by atoms with van der Waals surface area (Å²) in [6.45, 7) is 4.60. The van der Waals surface area contributed by atoms with E-state index in [1.807, 2.05) is 36.1 Å². The van der Waals surface area contributed by atoms with E-state index in [4.69, 9.17) is 0 Å². The molecule has 1 aliphatic heterocycles. The van der Waals surface area contributed by atoms with E-state index in [1.54, 1.807) is 24.5 Å². The number of benzene rings is 2. The molecule has 0 saturated carbocycles. The van der Waals surface area contributed by atoms with Gasteiger partial charge in [0.2, 0.25) is 15.7 Å². The number of para-hydroxylation sites is 1. The maximum absolute atomic E-state index is 13.9. The third-order valence-corrected chi connectivity index (χ3v) is 9.12. The molecule has 0 spiro atoms. The van der Waals surface area contributed by atoms with E-state index < -0.39 is 26.4 Å². The number of anilines is 2. The van der Waals surface area contributed by atoms with Crippen molar-refractivity contribution in [3.8, 4) is 22.8 Å². The molecule has 7 nitrogen and oxygen atoms in total. The smallest absolute Gasteiger partial charge is 0.234 e. The van der Waals surface area contributed by atoms with Crippen molar-refractivity contribution in [1.82, 2.24) is 9.97 Å². The van der Waals surface area contributed by atoms with Gasteiger partial charge in [0.05, 0.1) is 10.6 Å². The standard InChI is InChI=1S/C31H33N3O4S/c1-3-4-11-26-28(34-19-8-7-10-23-9-5-6-12-27(23)34)29(35)30(31(36)33-26)39(37,38)24-15-13-22(14-16-24)25-17-18-32-20-21(25)2/h5-6,9,12-18,20H,3-4,7-8,10-11,19H2,1-2H3,(H2,33,35,36). The number of sulfone groups is 1. The first-order chi connectivity index (χ1) is 18.8. The molecule has 0 fully saturated rings. The van der Waals surface area contributed by atoms with Gasteiger partial charge in [-0.25, -0.2) is 13.4 Å². The highest BCUT2D eigenvalue weighted by Gasteiger charge is 2.33. The van der Waals surface area contributed by atoms with Crippen LogP contribution in [0.4, 0.5) is 11.4 Å². The van der Waals surface area contributed by atoms with Gasteiger partial charge in [0, 0.05) is 24.6 Å². The first-order valence-electron chi connectivity index (χ1n) is 13.4. The predicted octanol–water partition coefficient (Wildman–Crippen LogP) is 6.51. The van der Waals surface area contributed by atoms with Crippen LogP contribution >= 0.6 is 0 Å². The van der Waals surface area contributed by atoms with E-state index in [1.165, 1.54) is 12.1 Å². The van der Waals surface area contributed by atoms with Crippen LogP contribution in [0.15, 0.2) is 76.8 Å². The SMILES string of the molecule is CCCCc1nc(O)c(S(=O)(=O)c2ccc(-c3ccncc3C)cc2)c(O)c1N1CCCCc2ccccc21. The number of fused-ring (bicyclic) bond motifs is 1. The van der Waals surface area contributed by atoms with Crippen molar-refractivity contribution in [2.75, 3.05) is 11.4 Å². The minimum absolute atomic E-state index is 0.0334. The van der Waals surface area contributed by atoms with Gasteiger partial charge >= 0.3 is 0 Å². The van der Waals surface area contributed by atoms with Crippen molar-refractivity contribution in [2.24, 2.45) is 0 Å². The van der Waals surface area contributed by atoms with Gasteiger partial charge in [0.1, 0.15) is 5.69 Å². The molecule has 0 radical (unpaired) electrons. The van der Waals surface area contributed by atoms with E-state index in [0.717, 1.165) is 60.0 Å². The lowest BCUT2D eigenvalue weighted by atomic mass is 10.0. The molecular weight excluding hydrogens is 510 g/mol. The van der Waals surface area contributed by atoms with E-state index in [-0.39, 0.29) is 4.90 Å². The normalized spacial score (nSPS) is 13.6. The predicted molar refractivity (Wildman–Crippen MR) is 152 cm³/mol. The van der Waals surface area contributed by atoms with Gasteiger partial charge < -0.3 is 15.1 Å². The van der Waals surface area contributed by atoms with E-state index in [9.17, 15) is 18.6 Å². The van der Waals surface area contributed by atoms with Crippen LogP contribution < -0.4 is 4.90 Å². The van der Waals surface area contributed by atoms with Gasteiger partial charge in [-0.05, 0) is 85.5 Å². The first kappa shape index (κ1) is 26.7. The molecule has 0 saturated heterocycles. The summed E-state index contributed by atoms with van der Waals surface area (Å²) in [4.78, 5) is 9.88. The van der Waals surface area contributed by atoms with Crippen LogP contribution in [0.1, 0.15) is 49.4 Å². The molecule has 5 rings (SSSR count). The Morgan fingerprint density at radius 2 is 1.77 bits per heavy atom. The highest BCUT2D eigenvalue weighted by molar-refractivity contribution is 7.91. The number of nitrogens with zero attached hydrogens (tertiary/aromatic N) is 3. The Bertz CT molecular complexity index is 1600. The average Bonchev–Trinajstić information content (AvgIpc) is 3.14. The Balaban J connectivity index is 1.64. The number of hydrogen-bond donors (Lipinski definition) is 2. The van der Waals surface area contributed by atoms with Crippen LogP contribution in [-0.2, 0) is 22.7 Å². The highest BCUT2D eigenvalue weighted by Crippen LogP contribution is 2.47. The molecule has 2 aromatic carbocycles. The Morgan fingerprint density at radius 1 is 1.00 bits per heavy atom. The number of rotatable bonds is 7. The Kier molecular flexibility index (Phi) is 7.57. The van der Waals surface area contributed by atoms with E-state index in [2.05, 4.69) is 23.0 Å². The minimum atomic E-state index is -4.30. The zero-order valence-corrected chi connectivity index (χ0v) is 23.1. The summed E-state index contributed by atoms with van der Waals surface area (Å²) in [5.74, 6) is -1.14. The maximum Gasteiger partial charge on any atom is 0.234 e. The summed E-state index contributed by atoms with van der Waals surface area (Å²) in [6.07, 6.45) is 8.39. The van der Waals surface area contributed by atoms with Gasteiger partial charge in [-0.3, -0.25) is 4.98 Å². The average molecular weight is 544 g/mol. The summed E-state index contributed by atoms with van der Waals surface area (Å²) < 4.78 is 27.8. The lowest BCUT2D eigenvalue weighted by molar-refractivity contribution is 0.405. The molecule has 0 bridgehead atoms. The number of aromatic hydroxyl groups is 2. The minimum Gasteiger partial charge on any atom is -0.504 e. The molecule has 39 heavy (non-hydrogen) atoms. The molecule has 202 valence electrons. The molecule has 8 heteroatoms. The molecule has 1 aliphatic rings. The van der Waals surface area contributed by atoms with Crippen molar-refractivity contribution in [3.63, 3.8) is 0 Å². The number of aromatic nitrogens is 2. The fourth-order valence-electron chi connectivity index (χ4n) is 5.28. The van der Waals surface area contributed by atoms with Crippen molar-refractivity contribution in [2.45, 2.75) is 62.2 Å². The van der Waals surface area contributed by atoms with Crippen molar-refractivity contribution in [3.05, 3.63) is 83.8 Å². The maximum atomic E-state index is 13.9. The zero-order valence-electron chi connectivity index (χ0n) is 22.3. The van der Waals surface area contributed by atoms with Crippen molar-refractivity contribution >= 4 is 21.2 Å². The second-order valence-corrected chi connectivity index (χ2v) is 11.9. The van der Waals surface area contributed by atoms with Gasteiger partial charge in [0.25, 0.3) is 0 Å². The van der Waals surface area contributed by atoms with Gasteiger partial charge in [0.15, 0.2) is 10.6 Å². The van der Waals surface area contributed by atoms with E-state index in [0.29, 0.717) is 24.3 Å². The third kappa shape index (κ3) is 5.08. The molecular formula is C31H33N3O4S. The second-order valence-electron chi connectivity index (χ2n) is 9.97. The van der Waals surface area contributed by atoms with Gasteiger partial charge in [-0.2, -0.15) is 0 Å². The zero-order chi connectivity index (χ0) is 27.6. The van der Waals surface area contributed by atoms with Crippen molar-refractivity contribution < 1.29 is 18.6 Å². The van der Waals surface area contributed by atoms with Crippen molar-refractivity contribution in [1.29, 1.82) is 0 Å². The number of pyridine rings is 2. The molecule has 0 atom stereocenters. The molecule has 2 N–H and O–H groups in total. The monoisotopic (exact) mass is 543 g/mol. The third-order valence-electron chi connectivity index (χ3n) is 7.32.